The summed E-state index contributed by atoms with van der Waals surface area (Å²) in [4.78, 5) is 4.10. The molecule has 5 aromatic rings. The fraction of sp³-hybridized carbons (Fsp3) is 0.0741. The quantitative estimate of drug-likeness (QED) is 0.360. The van der Waals surface area contributed by atoms with Crippen LogP contribution in [0.5, 0.6) is 17.4 Å². The van der Waals surface area contributed by atoms with Gasteiger partial charge in [0.15, 0.2) is 5.88 Å². The van der Waals surface area contributed by atoms with Gasteiger partial charge in [-0.3, -0.25) is 4.98 Å². The summed E-state index contributed by atoms with van der Waals surface area (Å²) in [6.45, 7) is 2.61. The normalized spacial score (nSPS) is 11.0. The Morgan fingerprint density at radius 3 is 2.29 bits per heavy atom. The molecule has 0 unspecified atom stereocenters. The SMILES string of the molecule is Cc1cc(-c2ccncc2)cc2cn(Cc3ccc(Oc4ccccc4)cc3)c(O)c12. The summed E-state index contributed by atoms with van der Waals surface area (Å²) in [5.41, 5.74) is 4.36. The van der Waals surface area contributed by atoms with Gasteiger partial charge in [0.1, 0.15) is 11.5 Å². The molecule has 2 aromatic heterocycles. The largest absolute Gasteiger partial charge is 0.494 e. The maximum atomic E-state index is 10.9. The van der Waals surface area contributed by atoms with E-state index in [0.717, 1.165) is 44.5 Å². The standard InChI is InChI=1S/C27H22N2O2/c1-19-15-22(21-11-13-28-14-12-21)16-23-18-29(27(30)26(19)23)17-20-7-9-25(10-8-20)31-24-5-3-2-4-6-24/h2-16,18,30H,17H2,1H3. The molecule has 2 heterocycles. The van der Waals surface area contributed by atoms with E-state index >= 15 is 0 Å². The van der Waals surface area contributed by atoms with Crippen molar-refractivity contribution in [3.8, 4) is 28.5 Å². The van der Waals surface area contributed by atoms with Crippen molar-refractivity contribution in [1.82, 2.24) is 9.55 Å². The molecule has 0 fully saturated rings. The fourth-order valence-corrected chi connectivity index (χ4v) is 3.91. The molecule has 0 aliphatic carbocycles. The van der Waals surface area contributed by atoms with E-state index in [0.29, 0.717) is 12.4 Å². The Morgan fingerprint density at radius 2 is 1.55 bits per heavy atom. The number of benzene rings is 3. The lowest BCUT2D eigenvalue weighted by molar-refractivity contribution is 0.430. The van der Waals surface area contributed by atoms with Crippen molar-refractivity contribution in [2.24, 2.45) is 0 Å². The Bertz CT molecular complexity index is 1330. The number of para-hydroxylation sites is 1. The van der Waals surface area contributed by atoms with Crippen molar-refractivity contribution >= 4 is 10.8 Å². The number of fused-ring (bicyclic) bond motifs is 1. The molecule has 0 radical (unpaired) electrons. The molecule has 4 heteroatoms. The van der Waals surface area contributed by atoms with Gasteiger partial charge in [-0.1, -0.05) is 36.4 Å². The van der Waals surface area contributed by atoms with Gasteiger partial charge in [0.05, 0.1) is 6.54 Å². The third kappa shape index (κ3) is 3.88. The maximum absolute atomic E-state index is 10.9. The molecule has 0 bridgehead atoms. The lowest BCUT2D eigenvalue weighted by Crippen LogP contribution is -1.97. The van der Waals surface area contributed by atoms with Gasteiger partial charge < -0.3 is 14.4 Å². The molecule has 0 atom stereocenters. The van der Waals surface area contributed by atoms with Crippen LogP contribution in [0.4, 0.5) is 0 Å². The monoisotopic (exact) mass is 406 g/mol. The van der Waals surface area contributed by atoms with E-state index in [1.54, 1.807) is 12.4 Å². The zero-order chi connectivity index (χ0) is 21.2. The lowest BCUT2D eigenvalue weighted by atomic mass is 10.0. The first-order chi connectivity index (χ1) is 15.2. The first-order valence-electron chi connectivity index (χ1n) is 10.2. The van der Waals surface area contributed by atoms with Gasteiger partial charge in [-0.15, -0.1) is 0 Å². The molecule has 0 aliphatic heterocycles. The second kappa shape index (κ2) is 8.00. The van der Waals surface area contributed by atoms with Crippen LogP contribution >= 0.6 is 0 Å². The van der Waals surface area contributed by atoms with Crippen LogP contribution in [-0.4, -0.2) is 14.7 Å². The van der Waals surface area contributed by atoms with Crippen LogP contribution in [-0.2, 0) is 6.54 Å². The van der Waals surface area contributed by atoms with Crippen molar-refractivity contribution in [3.63, 3.8) is 0 Å². The molecule has 3 aromatic carbocycles. The maximum Gasteiger partial charge on any atom is 0.199 e. The highest BCUT2D eigenvalue weighted by Gasteiger charge is 2.13. The van der Waals surface area contributed by atoms with Crippen LogP contribution in [0.15, 0.2) is 97.5 Å². The molecule has 0 saturated carbocycles. The molecular weight excluding hydrogens is 384 g/mol. The summed E-state index contributed by atoms with van der Waals surface area (Å²) in [6, 6.07) is 25.9. The van der Waals surface area contributed by atoms with Crippen LogP contribution in [0.3, 0.4) is 0 Å². The highest BCUT2D eigenvalue weighted by Crippen LogP contribution is 2.35. The minimum Gasteiger partial charge on any atom is -0.494 e. The third-order valence-corrected chi connectivity index (χ3v) is 5.43. The Kier molecular flexibility index (Phi) is 4.89. The molecule has 5 rings (SSSR count). The summed E-state index contributed by atoms with van der Waals surface area (Å²) in [5.74, 6) is 1.89. The van der Waals surface area contributed by atoms with Gasteiger partial charge in [0.2, 0.25) is 0 Å². The minimum absolute atomic E-state index is 0.290. The average molecular weight is 406 g/mol. The summed E-state index contributed by atoms with van der Waals surface area (Å²) >= 11 is 0. The summed E-state index contributed by atoms with van der Waals surface area (Å²) in [7, 11) is 0. The second-order valence-corrected chi connectivity index (χ2v) is 7.63. The number of aromatic nitrogens is 2. The summed E-state index contributed by atoms with van der Waals surface area (Å²) < 4.78 is 7.76. The third-order valence-electron chi connectivity index (χ3n) is 5.43. The smallest absolute Gasteiger partial charge is 0.199 e. The number of aromatic hydroxyl groups is 1. The number of hydrogen-bond donors (Lipinski definition) is 1. The second-order valence-electron chi connectivity index (χ2n) is 7.63. The minimum atomic E-state index is 0.290. The number of hydrogen-bond acceptors (Lipinski definition) is 3. The van der Waals surface area contributed by atoms with Gasteiger partial charge in [-0.05, 0) is 71.6 Å². The van der Waals surface area contributed by atoms with Crippen molar-refractivity contribution in [1.29, 1.82) is 0 Å². The number of pyridine rings is 1. The van der Waals surface area contributed by atoms with E-state index in [-0.39, 0.29) is 0 Å². The van der Waals surface area contributed by atoms with Gasteiger partial charge in [0, 0.05) is 29.4 Å². The zero-order valence-electron chi connectivity index (χ0n) is 17.2. The topological polar surface area (TPSA) is 47.3 Å². The van der Waals surface area contributed by atoms with E-state index < -0.39 is 0 Å². The highest BCUT2D eigenvalue weighted by molar-refractivity contribution is 5.94. The predicted molar refractivity (Wildman–Crippen MR) is 124 cm³/mol. The zero-order valence-corrected chi connectivity index (χ0v) is 17.2. The van der Waals surface area contributed by atoms with Crippen LogP contribution in [0, 0.1) is 6.92 Å². The van der Waals surface area contributed by atoms with Gasteiger partial charge >= 0.3 is 0 Å². The van der Waals surface area contributed by atoms with E-state index in [4.69, 9.17) is 4.74 Å². The summed E-state index contributed by atoms with van der Waals surface area (Å²) in [6.07, 6.45) is 5.60. The lowest BCUT2D eigenvalue weighted by Gasteiger charge is -2.08. The first kappa shape index (κ1) is 18.9. The van der Waals surface area contributed by atoms with Crippen LogP contribution in [0.2, 0.25) is 0 Å². The fourth-order valence-electron chi connectivity index (χ4n) is 3.91. The van der Waals surface area contributed by atoms with Gasteiger partial charge in [-0.25, -0.2) is 0 Å². The Hall–Kier alpha value is -4.05. The first-order valence-corrected chi connectivity index (χ1v) is 10.2. The Balaban J connectivity index is 1.41. The van der Waals surface area contributed by atoms with Gasteiger partial charge in [-0.2, -0.15) is 0 Å². The molecule has 1 N–H and O–H groups in total. The molecule has 4 nitrogen and oxygen atoms in total. The van der Waals surface area contributed by atoms with E-state index in [1.165, 1.54) is 0 Å². The van der Waals surface area contributed by atoms with E-state index in [2.05, 4.69) is 17.1 Å². The van der Waals surface area contributed by atoms with Crippen molar-refractivity contribution in [3.05, 3.63) is 109 Å². The van der Waals surface area contributed by atoms with Crippen molar-refractivity contribution in [2.75, 3.05) is 0 Å². The molecule has 0 amide bonds. The Morgan fingerprint density at radius 1 is 0.839 bits per heavy atom. The van der Waals surface area contributed by atoms with Crippen LogP contribution < -0.4 is 4.74 Å². The van der Waals surface area contributed by atoms with Gasteiger partial charge in [0.25, 0.3) is 0 Å². The molecule has 0 aliphatic rings. The number of nitrogens with zero attached hydrogens (tertiary/aromatic N) is 2. The number of aryl methyl sites for hydroxylation is 1. The molecular formula is C27H22N2O2. The van der Waals surface area contributed by atoms with E-state index in [1.807, 2.05) is 84.4 Å². The molecule has 0 saturated heterocycles. The average Bonchev–Trinajstić information content (AvgIpc) is 3.12. The molecule has 31 heavy (non-hydrogen) atoms. The Labute approximate surface area is 181 Å². The highest BCUT2D eigenvalue weighted by atomic mass is 16.5. The summed E-state index contributed by atoms with van der Waals surface area (Å²) in [5, 5.41) is 12.8. The van der Waals surface area contributed by atoms with E-state index in [9.17, 15) is 5.11 Å². The van der Waals surface area contributed by atoms with Crippen molar-refractivity contribution < 1.29 is 9.84 Å². The predicted octanol–water partition coefficient (Wildman–Crippen LogP) is 6.56. The van der Waals surface area contributed by atoms with Crippen LogP contribution in [0.25, 0.3) is 21.9 Å². The molecule has 0 spiro atoms. The van der Waals surface area contributed by atoms with Crippen molar-refractivity contribution in [2.45, 2.75) is 13.5 Å². The number of rotatable bonds is 5. The van der Waals surface area contributed by atoms with Crippen LogP contribution in [0.1, 0.15) is 11.1 Å². The molecule has 152 valence electrons. The number of ether oxygens (including phenoxy) is 1.